The number of amides is 3. The van der Waals surface area contributed by atoms with Crippen molar-refractivity contribution in [3.63, 3.8) is 0 Å². The maximum absolute atomic E-state index is 12.1. The van der Waals surface area contributed by atoms with E-state index in [2.05, 4.69) is 0 Å². The summed E-state index contributed by atoms with van der Waals surface area (Å²) in [6, 6.07) is 2.66. The molecule has 7 heteroatoms. The molecule has 0 saturated heterocycles. The first-order valence-electron chi connectivity index (χ1n) is 6.06. The molecule has 0 aliphatic carbocycles. The van der Waals surface area contributed by atoms with Gasteiger partial charge in [0.25, 0.3) is 11.8 Å². The number of hydrogen-bond acceptors (Lipinski definition) is 5. The maximum atomic E-state index is 12.1. The van der Waals surface area contributed by atoms with Crippen LogP contribution in [0.25, 0.3) is 0 Å². The van der Waals surface area contributed by atoms with Crippen LogP contribution in [-0.4, -0.2) is 60.2 Å². The largest absolute Gasteiger partial charge is 0.376 e. The van der Waals surface area contributed by atoms with Gasteiger partial charge in [0.05, 0.1) is 5.56 Å². The Hall–Kier alpha value is -2.54. The first kappa shape index (κ1) is 16.5. The first-order valence-corrected chi connectivity index (χ1v) is 6.06. The summed E-state index contributed by atoms with van der Waals surface area (Å²) >= 11 is 0. The van der Waals surface area contributed by atoms with Crippen LogP contribution in [0.5, 0.6) is 0 Å². The molecular weight excluding hydrogens is 276 g/mol. The summed E-state index contributed by atoms with van der Waals surface area (Å²) in [7, 11) is 3.04. The predicted molar refractivity (Wildman–Crippen MR) is 73.9 cm³/mol. The van der Waals surface area contributed by atoms with Crippen molar-refractivity contribution in [3.05, 3.63) is 34.4 Å². The molecule has 1 rings (SSSR count). The fraction of sp³-hybridized carbons (Fsp3) is 0.286. The van der Waals surface area contributed by atoms with E-state index in [-0.39, 0.29) is 23.1 Å². The Bertz CT molecular complexity index is 595. The van der Waals surface area contributed by atoms with E-state index in [0.717, 1.165) is 0 Å². The topological polar surface area (TPSA) is 95.0 Å². The zero-order valence-corrected chi connectivity index (χ0v) is 12.0. The van der Waals surface area contributed by atoms with Crippen LogP contribution in [0.4, 0.5) is 0 Å². The summed E-state index contributed by atoms with van der Waals surface area (Å²) < 4.78 is 0. The summed E-state index contributed by atoms with van der Waals surface area (Å²) in [6.45, 7) is 0.804. The van der Waals surface area contributed by atoms with Crippen LogP contribution in [-0.2, 0) is 4.79 Å². The van der Waals surface area contributed by atoms with Crippen molar-refractivity contribution < 1.29 is 24.3 Å². The standard InChI is InChI=1S/C14H16N2O5/c1-9-4-10(6-17)12(13(20)15(2)3)5-11(9)14(21)16(7-18)8-19/h4-7,19H,8H2,1-3H3. The van der Waals surface area contributed by atoms with Crippen molar-refractivity contribution in [2.75, 3.05) is 20.8 Å². The second-order valence-corrected chi connectivity index (χ2v) is 4.59. The van der Waals surface area contributed by atoms with E-state index in [1.807, 2.05) is 0 Å². The average Bonchev–Trinajstić information content (AvgIpc) is 2.46. The van der Waals surface area contributed by atoms with Gasteiger partial charge in [-0.25, -0.2) is 0 Å². The number of aryl methyl sites for hydroxylation is 1. The summed E-state index contributed by atoms with van der Waals surface area (Å²) in [4.78, 5) is 47.8. The fourth-order valence-electron chi connectivity index (χ4n) is 1.78. The quantitative estimate of drug-likeness (QED) is 0.611. The van der Waals surface area contributed by atoms with Gasteiger partial charge in [0, 0.05) is 25.2 Å². The highest BCUT2D eigenvalue weighted by molar-refractivity contribution is 6.06. The lowest BCUT2D eigenvalue weighted by atomic mass is 9.98. The molecule has 0 radical (unpaired) electrons. The molecule has 21 heavy (non-hydrogen) atoms. The molecule has 3 amide bonds. The first-order chi connectivity index (χ1) is 9.87. The number of rotatable bonds is 5. The van der Waals surface area contributed by atoms with Crippen LogP contribution < -0.4 is 0 Å². The van der Waals surface area contributed by atoms with Gasteiger partial charge in [0.1, 0.15) is 6.73 Å². The monoisotopic (exact) mass is 292 g/mol. The molecule has 7 nitrogen and oxygen atoms in total. The van der Waals surface area contributed by atoms with E-state index in [1.165, 1.54) is 31.1 Å². The molecule has 0 bridgehead atoms. The third-order valence-corrected chi connectivity index (χ3v) is 2.93. The number of aldehydes is 1. The highest BCUT2D eigenvalue weighted by Gasteiger charge is 2.21. The van der Waals surface area contributed by atoms with E-state index < -0.39 is 18.5 Å². The van der Waals surface area contributed by atoms with E-state index in [1.54, 1.807) is 6.92 Å². The molecule has 0 spiro atoms. The molecule has 0 heterocycles. The van der Waals surface area contributed by atoms with Crippen molar-refractivity contribution in [3.8, 4) is 0 Å². The summed E-state index contributed by atoms with van der Waals surface area (Å²) in [5, 5.41) is 8.96. The van der Waals surface area contributed by atoms with Crippen molar-refractivity contribution in [2.45, 2.75) is 6.92 Å². The van der Waals surface area contributed by atoms with Crippen LogP contribution in [0.15, 0.2) is 12.1 Å². The average molecular weight is 292 g/mol. The Kier molecular flexibility index (Phi) is 5.31. The Morgan fingerprint density at radius 2 is 1.76 bits per heavy atom. The maximum Gasteiger partial charge on any atom is 0.262 e. The minimum absolute atomic E-state index is 0.0627. The molecule has 0 unspecified atom stereocenters. The third kappa shape index (κ3) is 3.32. The highest BCUT2D eigenvalue weighted by atomic mass is 16.3. The van der Waals surface area contributed by atoms with Crippen LogP contribution in [0.2, 0.25) is 0 Å². The lowest BCUT2D eigenvalue weighted by Crippen LogP contribution is -2.31. The van der Waals surface area contributed by atoms with E-state index in [4.69, 9.17) is 5.11 Å². The minimum atomic E-state index is -0.770. The molecule has 0 aliphatic rings. The van der Waals surface area contributed by atoms with E-state index >= 15 is 0 Å². The number of hydrogen-bond donors (Lipinski definition) is 1. The SMILES string of the molecule is Cc1cc(C=O)c(C(=O)N(C)C)cc1C(=O)N(C=O)CO. The van der Waals surface area contributed by atoms with Crippen LogP contribution in [0.3, 0.4) is 0 Å². The molecule has 0 atom stereocenters. The van der Waals surface area contributed by atoms with E-state index in [9.17, 15) is 19.2 Å². The van der Waals surface area contributed by atoms with Gasteiger partial charge in [-0.05, 0) is 24.6 Å². The smallest absolute Gasteiger partial charge is 0.262 e. The zero-order valence-electron chi connectivity index (χ0n) is 12.0. The van der Waals surface area contributed by atoms with Gasteiger partial charge in [0.2, 0.25) is 6.41 Å². The predicted octanol–water partition coefficient (Wildman–Crippen LogP) is 0.0577. The van der Waals surface area contributed by atoms with Crippen LogP contribution in [0, 0.1) is 6.92 Å². The van der Waals surface area contributed by atoms with Gasteiger partial charge in [-0.15, -0.1) is 0 Å². The van der Waals surface area contributed by atoms with Gasteiger partial charge in [-0.3, -0.25) is 24.1 Å². The van der Waals surface area contributed by atoms with Crippen molar-refractivity contribution in [2.24, 2.45) is 0 Å². The number of aliphatic hydroxyl groups excluding tert-OH is 1. The number of nitrogens with zero attached hydrogens (tertiary/aromatic N) is 2. The molecule has 1 aromatic rings. The van der Waals surface area contributed by atoms with Crippen molar-refractivity contribution in [1.82, 2.24) is 9.80 Å². The Balaban J connectivity index is 3.45. The Labute approximate surface area is 121 Å². The van der Waals surface area contributed by atoms with Crippen LogP contribution >= 0.6 is 0 Å². The van der Waals surface area contributed by atoms with Gasteiger partial charge in [-0.1, -0.05) is 0 Å². The number of carbonyl (C=O) groups excluding carboxylic acids is 4. The Morgan fingerprint density at radius 1 is 1.14 bits per heavy atom. The normalized spacial score (nSPS) is 9.90. The number of imide groups is 1. The van der Waals surface area contributed by atoms with Gasteiger partial charge < -0.3 is 10.0 Å². The lowest BCUT2D eigenvalue weighted by molar-refractivity contribution is -0.118. The van der Waals surface area contributed by atoms with Crippen LogP contribution in [0.1, 0.15) is 36.6 Å². The summed E-state index contributed by atoms with van der Waals surface area (Å²) in [5.41, 5.74) is 0.724. The minimum Gasteiger partial charge on any atom is -0.376 e. The third-order valence-electron chi connectivity index (χ3n) is 2.93. The Morgan fingerprint density at radius 3 is 2.19 bits per heavy atom. The van der Waals surface area contributed by atoms with E-state index in [0.29, 0.717) is 16.7 Å². The van der Waals surface area contributed by atoms with Gasteiger partial charge >= 0.3 is 0 Å². The number of carbonyl (C=O) groups is 4. The molecular formula is C14H16N2O5. The number of benzene rings is 1. The molecule has 112 valence electrons. The second-order valence-electron chi connectivity index (χ2n) is 4.59. The van der Waals surface area contributed by atoms with Gasteiger partial charge in [0.15, 0.2) is 6.29 Å². The molecule has 0 fully saturated rings. The van der Waals surface area contributed by atoms with Crippen molar-refractivity contribution >= 4 is 24.5 Å². The van der Waals surface area contributed by atoms with Gasteiger partial charge in [-0.2, -0.15) is 0 Å². The molecule has 1 N–H and O–H groups in total. The zero-order chi connectivity index (χ0) is 16.2. The lowest BCUT2D eigenvalue weighted by Gasteiger charge is -2.17. The number of aliphatic hydroxyl groups is 1. The summed E-state index contributed by atoms with van der Waals surface area (Å²) in [5.74, 6) is -1.18. The summed E-state index contributed by atoms with van der Waals surface area (Å²) in [6.07, 6.45) is 0.727. The molecule has 0 saturated carbocycles. The van der Waals surface area contributed by atoms with Crippen molar-refractivity contribution in [1.29, 1.82) is 0 Å². The molecule has 1 aromatic carbocycles. The highest BCUT2D eigenvalue weighted by Crippen LogP contribution is 2.18. The second kappa shape index (κ2) is 6.76. The molecule has 0 aliphatic heterocycles. The molecule has 0 aromatic heterocycles. The fourth-order valence-corrected chi connectivity index (χ4v) is 1.78.